The molecule has 1 aromatic heterocycles. The second kappa shape index (κ2) is 3.87. The van der Waals surface area contributed by atoms with Gasteiger partial charge in [-0.3, -0.25) is 4.98 Å². The van der Waals surface area contributed by atoms with Gasteiger partial charge in [0.25, 0.3) is 0 Å². The zero-order valence-electron chi connectivity index (χ0n) is 8.91. The molecule has 0 amide bonds. The molecule has 4 heteroatoms. The Labute approximate surface area is 101 Å². The number of aromatic nitrogens is 1. The number of carbonyl (C=O) groups is 1. The summed E-state index contributed by atoms with van der Waals surface area (Å²) in [6.07, 6.45) is 1.38. The van der Waals surface area contributed by atoms with Crippen molar-refractivity contribution in [3.63, 3.8) is 0 Å². The molecule has 16 heavy (non-hydrogen) atoms. The number of pyridine rings is 1. The van der Waals surface area contributed by atoms with Crippen molar-refractivity contribution in [2.45, 2.75) is 13.8 Å². The molecule has 0 saturated heterocycles. The number of carboxylic acid groups (broad SMARTS) is 1. The lowest BCUT2D eigenvalue weighted by atomic mass is 10.0. The van der Waals surface area contributed by atoms with Gasteiger partial charge in [0.1, 0.15) is 0 Å². The molecule has 0 saturated carbocycles. The molecule has 0 aliphatic rings. The normalized spacial score (nSPS) is 10.7. The van der Waals surface area contributed by atoms with E-state index in [1.807, 2.05) is 26.0 Å². The summed E-state index contributed by atoms with van der Waals surface area (Å²) >= 11 is 3.34. The minimum Gasteiger partial charge on any atom is -0.478 e. The first-order valence-electron chi connectivity index (χ1n) is 4.79. The van der Waals surface area contributed by atoms with Gasteiger partial charge in [-0.05, 0) is 47.0 Å². The molecule has 2 rings (SSSR count). The Kier molecular flexibility index (Phi) is 2.68. The number of carboxylic acids is 1. The SMILES string of the molecule is Cc1cc(C)c2c(Br)c(C(=O)O)cnc2c1. The summed E-state index contributed by atoms with van der Waals surface area (Å²) in [5.74, 6) is -0.971. The maximum atomic E-state index is 11.0. The predicted molar refractivity (Wildman–Crippen MR) is 65.9 cm³/mol. The fraction of sp³-hybridized carbons (Fsp3) is 0.167. The van der Waals surface area contributed by atoms with E-state index in [-0.39, 0.29) is 5.56 Å². The van der Waals surface area contributed by atoms with Crippen LogP contribution < -0.4 is 0 Å². The van der Waals surface area contributed by atoms with Crippen molar-refractivity contribution in [3.8, 4) is 0 Å². The molecule has 0 aliphatic carbocycles. The highest BCUT2D eigenvalue weighted by atomic mass is 79.9. The molecule has 2 aromatic rings. The van der Waals surface area contributed by atoms with E-state index in [1.165, 1.54) is 6.20 Å². The van der Waals surface area contributed by atoms with Crippen LogP contribution in [0.5, 0.6) is 0 Å². The van der Waals surface area contributed by atoms with Gasteiger partial charge in [0.15, 0.2) is 0 Å². The van der Waals surface area contributed by atoms with Crippen LogP contribution in [0.2, 0.25) is 0 Å². The highest BCUT2D eigenvalue weighted by Crippen LogP contribution is 2.29. The number of aryl methyl sites for hydroxylation is 2. The Balaban J connectivity index is 2.89. The van der Waals surface area contributed by atoms with Gasteiger partial charge in [-0.25, -0.2) is 4.79 Å². The smallest absolute Gasteiger partial charge is 0.338 e. The van der Waals surface area contributed by atoms with Crippen molar-refractivity contribution in [2.75, 3.05) is 0 Å². The van der Waals surface area contributed by atoms with Crippen LogP contribution >= 0.6 is 15.9 Å². The number of aromatic carboxylic acids is 1. The molecular formula is C12H10BrNO2. The molecule has 0 bridgehead atoms. The van der Waals surface area contributed by atoms with Crippen molar-refractivity contribution in [1.29, 1.82) is 0 Å². The van der Waals surface area contributed by atoms with E-state index in [0.717, 1.165) is 22.0 Å². The highest BCUT2D eigenvalue weighted by molar-refractivity contribution is 9.10. The Morgan fingerprint density at radius 2 is 2.06 bits per heavy atom. The number of fused-ring (bicyclic) bond motifs is 1. The summed E-state index contributed by atoms with van der Waals surface area (Å²) in [5, 5.41) is 9.87. The van der Waals surface area contributed by atoms with Crippen LogP contribution in [0, 0.1) is 13.8 Å². The van der Waals surface area contributed by atoms with E-state index >= 15 is 0 Å². The lowest BCUT2D eigenvalue weighted by molar-refractivity contribution is 0.0695. The topological polar surface area (TPSA) is 50.2 Å². The molecule has 1 heterocycles. The summed E-state index contributed by atoms with van der Waals surface area (Å²) in [5.41, 5.74) is 3.15. The van der Waals surface area contributed by atoms with E-state index in [0.29, 0.717) is 4.47 Å². The summed E-state index contributed by atoms with van der Waals surface area (Å²) in [6, 6.07) is 3.96. The first-order chi connectivity index (χ1) is 7.50. The molecule has 0 radical (unpaired) electrons. The van der Waals surface area contributed by atoms with Crippen LogP contribution in [0.4, 0.5) is 0 Å². The summed E-state index contributed by atoms with van der Waals surface area (Å²) in [6.45, 7) is 3.94. The van der Waals surface area contributed by atoms with Gasteiger partial charge in [0.05, 0.1) is 11.1 Å². The van der Waals surface area contributed by atoms with Gasteiger partial charge in [0, 0.05) is 16.1 Å². The zero-order valence-corrected chi connectivity index (χ0v) is 10.5. The molecular weight excluding hydrogens is 270 g/mol. The van der Waals surface area contributed by atoms with Crippen molar-refractivity contribution in [1.82, 2.24) is 4.98 Å². The third-order valence-corrected chi connectivity index (χ3v) is 3.30. The van der Waals surface area contributed by atoms with Crippen molar-refractivity contribution < 1.29 is 9.90 Å². The first kappa shape index (κ1) is 11.1. The summed E-state index contributed by atoms with van der Waals surface area (Å²) in [4.78, 5) is 15.1. The third kappa shape index (κ3) is 1.69. The fourth-order valence-electron chi connectivity index (χ4n) is 1.81. The second-order valence-electron chi connectivity index (χ2n) is 3.77. The molecule has 0 unspecified atom stereocenters. The minimum absolute atomic E-state index is 0.194. The van der Waals surface area contributed by atoms with Crippen molar-refractivity contribution in [3.05, 3.63) is 39.5 Å². The molecule has 3 nitrogen and oxygen atoms in total. The van der Waals surface area contributed by atoms with E-state index in [1.54, 1.807) is 0 Å². The molecule has 0 fully saturated rings. The average Bonchev–Trinajstić information content (AvgIpc) is 2.15. The molecule has 1 aromatic carbocycles. The van der Waals surface area contributed by atoms with Crippen LogP contribution in [0.3, 0.4) is 0 Å². The number of benzene rings is 1. The Morgan fingerprint density at radius 3 is 2.69 bits per heavy atom. The van der Waals surface area contributed by atoms with Gasteiger partial charge in [-0.1, -0.05) is 6.07 Å². The van der Waals surface area contributed by atoms with Crippen LogP contribution in [0.25, 0.3) is 10.9 Å². The lowest BCUT2D eigenvalue weighted by Gasteiger charge is -2.07. The second-order valence-corrected chi connectivity index (χ2v) is 4.56. The Morgan fingerprint density at radius 1 is 1.38 bits per heavy atom. The quantitative estimate of drug-likeness (QED) is 0.871. The van der Waals surface area contributed by atoms with Gasteiger partial charge < -0.3 is 5.11 Å². The van der Waals surface area contributed by atoms with E-state index in [2.05, 4.69) is 20.9 Å². The van der Waals surface area contributed by atoms with E-state index in [9.17, 15) is 4.79 Å². The first-order valence-corrected chi connectivity index (χ1v) is 5.58. The fourth-order valence-corrected chi connectivity index (χ4v) is 2.59. The maximum absolute atomic E-state index is 11.0. The summed E-state index contributed by atoms with van der Waals surface area (Å²) < 4.78 is 0.600. The standard InChI is InChI=1S/C12H10BrNO2/c1-6-3-7(2)10-9(4-6)14-5-8(11(10)13)12(15)16/h3-5H,1-2H3,(H,15,16). The monoisotopic (exact) mass is 279 g/mol. The average molecular weight is 280 g/mol. The molecule has 82 valence electrons. The van der Waals surface area contributed by atoms with Crippen LogP contribution in [0.1, 0.15) is 21.5 Å². The Hall–Kier alpha value is -1.42. The number of halogens is 1. The summed E-state index contributed by atoms with van der Waals surface area (Å²) in [7, 11) is 0. The van der Waals surface area contributed by atoms with Gasteiger partial charge in [-0.15, -0.1) is 0 Å². The maximum Gasteiger partial charge on any atom is 0.338 e. The number of rotatable bonds is 1. The number of hydrogen-bond donors (Lipinski definition) is 1. The number of nitrogens with zero attached hydrogens (tertiary/aromatic N) is 1. The highest BCUT2D eigenvalue weighted by Gasteiger charge is 2.13. The van der Waals surface area contributed by atoms with Crippen LogP contribution in [-0.4, -0.2) is 16.1 Å². The van der Waals surface area contributed by atoms with Gasteiger partial charge in [-0.2, -0.15) is 0 Å². The minimum atomic E-state index is -0.971. The van der Waals surface area contributed by atoms with E-state index in [4.69, 9.17) is 5.11 Å². The molecule has 1 N–H and O–H groups in total. The number of hydrogen-bond acceptors (Lipinski definition) is 2. The molecule has 0 spiro atoms. The Bertz CT molecular complexity index is 593. The van der Waals surface area contributed by atoms with E-state index < -0.39 is 5.97 Å². The lowest BCUT2D eigenvalue weighted by Crippen LogP contribution is -2.00. The van der Waals surface area contributed by atoms with Gasteiger partial charge in [0.2, 0.25) is 0 Å². The van der Waals surface area contributed by atoms with Crippen molar-refractivity contribution >= 4 is 32.8 Å². The molecule has 0 atom stereocenters. The molecule has 0 aliphatic heterocycles. The largest absolute Gasteiger partial charge is 0.478 e. The predicted octanol–water partition coefficient (Wildman–Crippen LogP) is 3.31. The zero-order chi connectivity index (χ0) is 11.9. The van der Waals surface area contributed by atoms with Crippen LogP contribution in [-0.2, 0) is 0 Å². The van der Waals surface area contributed by atoms with Crippen molar-refractivity contribution in [2.24, 2.45) is 0 Å². The van der Waals surface area contributed by atoms with Gasteiger partial charge >= 0.3 is 5.97 Å². The third-order valence-electron chi connectivity index (χ3n) is 2.48. The van der Waals surface area contributed by atoms with Crippen LogP contribution in [0.15, 0.2) is 22.8 Å².